The quantitative estimate of drug-likeness (QED) is 0.867. The molecule has 2 rings (SSSR count). The van der Waals surface area contributed by atoms with E-state index in [4.69, 9.17) is 21.1 Å². The fourth-order valence-electron chi connectivity index (χ4n) is 1.99. The second kappa shape index (κ2) is 7.34. The van der Waals surface area contributed by atoms with E-state index in [9.17, 15) is 0 Å². The summed E-state index contributed by atoms with van der Waals surface area (Å²) in [5.74, 6) is 1.61. The zero-order chi connectivity index (χ0) is 15.2. The maximum Gasteiger partial charge on any atom is 0.121 e. The van der Waals surface area contributed by atoms with Crippen LogP contribution in [-0.4, -0.2) is 14.2 Å². The summed E-state index contributed by atoms with van der Waals surface area (Å²) in [6, 6.07) is 13.8. The summed E-state index contributed by atoms with van der Waals surface area (Å²) in [5, 5.41) is 3.89. The molecule has 3 nitrogen and oxygen atoms in total. The Bertz CT molecular complexity index is 584. The van der Waals surface area contributed by atoms with Crippen molar-refractivity contribution < 1.29 is 9.47 Å². The van der Waals surface area contributed by atoms with Crippen LogP contribution < -0.4 is 14.8 Å². The number of nitrogens with one attached hydrogen (secondary N) is 1. The van der Waals surface area contributed by atoms with E-state index in [1.54, 1.807) is 7.11 Å². The van der Waals surface area contributed by atoms with Crippen LogP contribution in [0.3, 0.4) is 0 Å². The van der Waals surface area contributed by atoms with E-state index < -0.39 is 0 Å². The summed E-state index contributed by atoms with van der Waals surface area (Å²) >= 11 is 6.29. The fourth-order valence-corrected chi connectivity index (χ4v) is 2.33. The minimum absolute atomic E-state index is 0.216. The van der Waals surface area contributed by atoms with Crippen LogP contribution in [0.1, 0.15) is 24.1 Å². The second-order valence-corrected chi connectivity index (χ2v) is 5.24. The zero-order valence-electron chi connectivity index (χ0n) is 12.5. The fraction of sp³-hybridized carbons (Fsp3) is 0.294. The maximum absolute atomic E-state index is 6.29. The summed E-state index contributed by atoms with van der Waals surface area (Å²) in [6.07, 6.45) is 0. The maximum atomic E-state index is 6.29. The first kappa shape index (κ1) is 15.7. The molecule has 2 aromatic rings. The molecule has 0 fully saturated rings. The number of methoxy groups -OCH3 is 1. The van der Waals surface area contributed by atoms with E-state index in [0.717, 1.165) is 22.6 Å². The third-order valence-electron chi connectivity index (χ3n) is 3.44. The first-order chi connectivity index (χ1) is 10.1. The first-order valence-electron chi connectivity index (χ1n) is 6.86. The van der Waals surface area contributed by atoms with Gasteiger partial charge in [-0.25, -0.2) is 0 Å². The van der Waals surface area contributed by atoms with Gasteiger partial charge in [0, 0.05) is 11.1 Å². The van der Waals surface area contributed by atoms with Gasteiger partial charge in [-0.1, -0.05) is 29.8 Å². The van der Waals surface area contributed by atoms with E-state index in [0.29, 0.717) is 11.6 Å². The Morgan fingerprint density at radius 2 is 1.76 bits per heavy atom. The summed E-state index contributed by atoms with van der Waals surface area (Å²) in [6.45, 7) is 2.57. The van der Waals surface area contributed by atoms with Crippen molar-refractivity contribution in [3.8, 4) is 11.5 Å². The Kier molecular flexibility index (Phi) is 5.48. The van der Waals surface area contributed by atoms with Gasteiger partial charge in [0.05, 0.1) is 7.11 Å². The Morgan fingerprint density at radius 3 is 2.33 bits per heavy atom. The van der Waals surface area contributed by atoms with E-state index in [1.165, 1.54) is 0 Å². The minimum Gasteiger partial charge on any atom is -0.497 e. The molecule has 4 heteroatoms. The summed E-state index contributed by atoms with van der Waals surface area (Å²) in [5.41, 5.74) is 2.15. The molecule has 1 atom stereocenters. The standard InChI is InChI=1S/C17H20ClNO2/c1-12(19-2)16-9-8-15(10-17(16)18)21-11-13-4-6-14(20-3)7-5-13/h4-10,12,19H,11H2,1-3H3. The lowest BCUT2D eigenvalue weighted by molar-refractivity contribution is 0.306. The highest BCUT2D eigenvalue weighted by Gasteiger charge is 2.08. The summed E-state index contributed by atoms with van der Waals surface area (Å²) in [7, 11) is 3.57. The molecule has 0 bridgehead atoms. The number of benzene rings is 2. The van der Waals surface area contributed by atoms with Crippen LogP contribution in [-0.2, 0) is 6.61 Å². The number of rotatable bonds is 6. The van der Waals surface area contributed by atoms with Gasteiger partial charge in [0.25, 0.3) is 0 Å². The first-order valence-corrected chi connectivity index (χ1v) is 7.24. The molecular formula is C17H20ClNO2. The summed E-state index contributed by atoms with van der Waals surface area (Å²) < 4.78 is 10.9. The largest absolute Gasteiger partial charge is 0.497 e. The number of ether oxygens (including phenoxy) is 2. The molecule has 0 saturated carbocycles. The third-order valence-corrected chi connectivity index (χ3v) is 3.76. The average Bonchev–Trinajstić information content (AvgIpc) is 2.52. The van der Waals surface area contributed by atoms with Gasteiger partial charge in [-0.15, -0.1) is 0 Å². The Balaban J connectivity index is 2.01. The molecule has 0 spiro atoms. The highest BCUT2D eigenvalue weighted by atomic mass is 35.5. The molecular weight excluding hydrogens is 286 g/mol. The third kappa shape index (κ3) is 4.13. The van der Waals surface area contributed by atoms with E-state index in [2.05, 4.69) is 12.2 Å². The van der Waals surface area contributed by atoms with Crippen LogP contribution in [0, 0.1) is 0 Å². The molecule has 1 N–H and O–H groups in total. The van der Waals surface area contributed by atoms with Gasteiger partial charge in [-0.05, 0) is 49.4 Å². The lowest BCUT2D eigenvalue weighted by atomic mass is 10.1. The number of hydrogen-bond acceptors (Lipinski definition) is 3. The molecule has 0 amide bonds. The van der Waals surface area contributed by atoms with Crippen molar-refractivity contribution >= 4 is 11.6 Å². The Labute approximate surface area is 130 Å². The smallest absolute Gasteiger partial charge is 0.121 e. The van der Waals surface area contributed by atoms with E-state index >= 15 is 0 Å². The highest BCUT2D eigenvalue weighted by Crippen LogP contribution is 2.27. The van der Waals surface area contributed by atoms with Crippen molar-refractivity contribution in [1.82, 2.24) is 5.32 Å². The van der Waals surface area contributed by atoms with Gasteiger partial charge in [-0.3, -0.25) is 0 Å². The SMILES string of the molecule is CNC(C)c1ccc(OCc2ccc(OC)cc2)cc1Cl. The molecule has 1 unspecified atom stereocenters. The van der Waals surface area contributed by atoms with Crippen molar-refractivity contribution in [3.05, 3.63) is 58.6 Å². The van der Waals surface area contributed by atoms with Crippen molar-refractivity contribution in [3.63, 3.8) is 0 Å². The van der Waals surface area contributed by atoms with E-state index in [-0.39, 0.29) is 6.04 Å². The molecule has 0 aliphatic heterocycles. The molecule has 2 aromatic carbocycles. The number of halogens is 1. The highest BCUT2D eigenvalue weighted by molar-refractivity contribution is 6.31. The Morgan fingerprint density at radius 1 is 1.10 bits per heavy atom. The minimum atomic E-state index is 0.216. The van der Waals surface area contributed by atoms with Gasteiger partial charge in [0.1, 0.15) is 18.1 Å². The van der Waals surface area contributed by atoms with Crippen LogP contribution in [0.4, 0.5) is 0 Å². The average molecular weight is 306 g/mol. The molecule has 0 saturated heterocycles. The van der Waals surface area contributed by atoms with Gasteiger partial charge in [0.15, 0.2) is 0 Å². The molecule has 0 aromatic heterocycles. The van der Waals surface area contributed by atoms with Gasteiger partial charge in [0.2, 0.25) is 0 Å². The van der Waals surface area contributed by atoms with Crippen molar-refractivity contribution in [2.45, 2.75) is 19.6 Å². The monoisotopic (exact) mass is 305 g/mol. The molecule has 112 valence electrons. The van der Waals surface area contributed by atoms with Crippen molar-refractivity contribution in [2.24, 2.45) is 0 Å². The lowest BCUT2D eigenvalue weighted by Crippen LogP contribution is -2.12. The van der Waals surface area contributed by atoms with Gasteiger partial charge in [-0.2, -0.15) is 0 Å². The van der Waals surface area contributed by atoms with Crippen LogP contribution in [0.2, 0.25) is 5.02 Å². The molecule has 0 aliphatic rings. The second-order valence-electron chi connectivity index (χ2n) is 4.83. The van der Waals surface area contributed by atoms with Crippen LogP contribution in [0.25, 0.3) is 0 Å². The number of hydrogen-bond donors (Lipinski definition) is 1. The van der Waals surface area contributed by atoms with Crippen molar-refractivity contribution in [2.75, 3.05) is 14.2 Å². The normalized spacial score (nSPS) is 12.0. The molecule has 21 heavy (non-hydrogen) atoms. The molecule has 0 radical (unpaired) electrons. The Hall–Kier alpha value is -1.71. The summed E-state index contributed by atoms with van der Waals surface area (Å²) in [4.78, 5) is 0. The van der Waals surface area contributed by atoms with Gasteiger partial charge < -0.3 is 14.8 Å². The van der Waals surface area contributed by atoms with Crippen LogP contribution in [0.5, 0.6) is 11.5 Å². The lowest BCUT2D eigenvalue weighted by Gasteiger charge is -2.14. The zero-order valence-corrected chi connectivity index (χ0v) is 13.3. The molecule has 0 heterocycles. The van der Waals surface area contributed by atoms with E-state index in [1.807, 2.05) is 49.5 Å². The van der Waals surface area contributed by atoms with Crippen LogP contribution >= 0.6 is 11.6 Å². The van der Waals surface area contributed by atoms with Crippen LogP contribution in [0.15, 0.2) is 42.5 Å². The molecule has 0 aliphatic carbocycles. The topological polar surface area (TPSA) is 30.5 Å². The van der Waals surface area contributed by atoms with Gasteiger partial charge >= 0.3 is 0 Å². The van der Waals surface area contributed by atoms with Crippen molar-refractivity contribution in [1.29, 1.82) is 0 Å². The predicted octanol–water partition coefficient (Wildman–Crippen LogP) is 4.21. The predicted molar refractivity (Wildman–Crippen MR) is 86.3 cm³/mol.